The number of benzene rings is 1. The number of nitrogens with one attached hydrogen (secondary N) is 1. The zero-order valence-electron chi connectivity index (χ0n) is 10.2. The molecule has 1 aromatic carbocycles. The molecule has 0 spiro atoms. The number of nitrogens with zero attached hydrogens (tertiary/aromatic N) is 1. The normalized spacial score (nSPS) is 10.7. The molecule has 0 aliphatic heterocycles. The standard InChI is InChI=1S/C13H13ClN2O2S/c1-2-3-4-5-8-16-19(17,18)13-7-6-11(10-15)9-12(13)14/h1,6-7,9,16H,3-5,8H2. The number of nitriles is 1. The van der Waals surface area contributed by atoms with Gasteiger partial charge in [-0.1, -0.05) is 11.6 Å². The first-order chi connectivity index (χ1) is 9.01. The summed E-state index contributed by atoms with van der Waals surface area (Å²) in [6, 6.07) is 5.96. The second-order valence-electron chi connectivity index (χ2n) is 3.82. The van der Waals surface area contributed by atoms with Gasteiger partial charge in [0.2, 0.25) is 10.0 Å². The summed E-state index contributed by atoms with van der Waals surface area (Å²) in [6.07, 6.45) is 7.15. The van der Waals surface area contributed by atoms with E-state index < -0.39 is 10.0 Å². The van der Waals surface area contributed by atoms with E-state index in [9.17, 15) is 8.42 Å². The van der Waals surface area contributed by atoms with Crippen molar-refractivity contribution in [2.24, 2.45) is 0 Å². The van der Waals surface area contributed by atoms with E-state index in [1.807, 2.05) is 6.07 Å². The maximum atomic E-state index is 12.0. The first kappa shape index (κ1) is 15.5. The third-order valence-corrected chi connectivity index (χ3v) is 4.33. The Hall–Kier alpha value is -1.53. The first-order valence-electron chi connectivity index (χ1n) is 5.64. The average Bonchev–Trinajstić information content (AvgIpc) is 2.37. The van der Waals surface area contributed by atoms with Crippen LogP contribution >= 0.6 is 11.6 Å². The van der Waals surface area contributed by atoms with Gasteiger partial charge < -0.3 is 0 Å². The third-order valence-electron chi connectivity index (χ3n) is 2.39. The Bertz CT molecular complexity index is 627. The summed E-state index contributed by atoms with van der Waals surface area (Å²) in [7, 11) is -3.65. The molecule has 0 heterocycles. The molecule has 1 N–H and O–H groups in total. The molecule has 0 aliphatic rings. The van der Waals surface area contributed by atoms with E-state index >= 15 is 0 Å². The topological polar surface area (TPSA) is 70.0 Å². The maximum Gasteiger partial charge on any atom is 0.242 e. The summed E-state index contributed by atoms with van der Waals surface area (Å²) < 4.78 is 26.4. The Balaban J connectivity index is 2.73. The molecule has 0 unspecified atom stereocenters. The highest BCUT2D eigenvalue weighted by atomic mass is 35.5. The van der Waals surface area contributed by atoms with Gasteiger partial charge in [-0.2, -0.15) is 5.26 Å². The molecule has 0 amide bonds. The predicted molar refractivity (Wildman–Crippen MR) is 74.0 cm³/mol. The lowest BCUT2D eigenvalue weighted by molar-refractivity contribution is 0.577. The van der Waals surface area contributed by atoms with E-state index in [2.05, 4.69) is 10.6 Å². The predicted octanol–water partition coefficient (Wildman–Crippen LogP) is 2.29. The van der Waals surface area contributed by atoms with Crippen LogP contribution in [0.1, 0.15) is 24.8 Å². The Morgan fingerprint density at radius 3 is 2.68 bits per heavy atom. The lowest BCUT2D eigenvalue weighted by Crippen LogP contribution is -2.25. The van der Waals surface area contributed by atoms with Crippen molar-refractivity contribution < 1.29 is 8.42 Å². The minimum Gasteiger partial charge on any atom is -0.211 e. The molecule has 0 aliphatic carbocycles. The molecule has 0 aromatic heterocycles. The Morgan fingerprint density at radius 1 is 1.37 bits per heavy atom. The molecule has 0 bridgehead atoms. The molecule has 1 aromatic rings. The van der Waals surface area contributed by atoms with Crippen molar-refractivity contribution in [3.05, 3.63) is 28.8 Å². The van der Waals surface area contributed by atoms with E-state index in [0.717, 1.165) is 6.42 Å². The van der Waals surface area contributed by atoms with Crippen molar-refractivity contribution in [3.8, 4) is 18.4 Å². The highest BCUT2D eigenvalue weighted by Gasteiger charge is 2.17. The Kier molecular flexibility index (Phi) is 5.85. The van der Waals surface area contributed by atoms with E-state index in [-0.39, 0.29) is 9.92 Å². The van der Waals surface area contributed by atoms with Gasteiger partial charge in [0.25, 0.3) is 0 Å². The molecule has 0 fully saturated rings. The van der Waals surface area contributed by atoms with E-state index in [0.29, 0.717) is 24.9 Å². The van der Waals surface area contributed by atoms with Gasteiger partial charge in [-0.05, 0) is 31.0 Å². The largest absolute Gasteiger partial charge is 0.242 e. The summed E-state index contributed by atoms with van der Waals surface area (Å²) in [5.74, 6) is 2.49. The van der Waals surface area contributed by atoms with Crippen molar-refractivity contribution in [3.63, 3.8) is 0 Å². The zero-order chi connectivity index (χ0) is 14.3. The number of rotatable bonds is 6. The van der Waals surface area contributed by atoms with Gasteiger partial charge in [0.15, 0.2) is 0 Å². The van der Waals surface area contributed by atoms with Crippen LogP contribution in [0.2, 0.25) is 5.02 Å². The summed E-state index contributed by atoms with van der Waals surface area (Å²) in [5, 5.41) is 8.73. The maximum absolute atomic E-state index is 12.0. The number of sulfonamides is 1. The van der Waals surface area contributed by atoms with Crippen molar-refractivity contribution in [2.45, 2.75) is 24.2 Å². The Labute approximate surface area is 118 Å². The quantitative estimate of drug-likeness (QED) is 0.647. The average molecular weight is 297 g/mol. The van der Waals surface area contributed by atoms with Gasteiger partial charge >= 0.3 is 0 Å². The first-order valence-corrected chi connectivity index (χ1v) is 7.50. The third kappa shape index (κ3) is 4.57. The van der Waals surface area contributed by atoms with Gasteiger partial charge in [0.1, 0.15) is 4.90 Å². The molecule has 0 saturated heterocycles. The fourth-order valence-electron chi connectivity index (χ4n) is 1.42. The lowest BCUT2D eigenvalue weighted by atomic mass is 10.2. The number of hydrogen-bond acceptors (Lipinski definition) is 3. The van der Waals surface area contributed by atoms with Crippen LogP contribution in [-0.2, 0) is 10.0 Å². The summed E-state index contributed by atoms with van der Waals surface area (Å²) in [6.45, 7) is 0.306. The monoisotopic (exact) mass is 296 g/mol. The van der Waals surface area contributed by atoms with Gasteiger partial charge in [0, 0.05) is 13.0 Å². The molecular weight excluding hydrogens is 284 g/mol. The molecule has 1 rings (SSSR count). The summed E-state index contributed by atoms with van der Waals surface area (Å²) >= 11 is 5.86. The summed E-state index contributed by atoms with van der Waals surface area (Å²) in [4.78, 5) is -0.0230. The number of halogens is 1. The second-order valence-corrected chi connectivity index (χ2v) is 5.96. The van der Waals surface area contributed by atoms with E-state index in [4.69, 9.17) is 23.3 Å². The molecular formula is C13H13ClN2O2S. The number of unbranched alkanes of at least 4 members (excludes halogenated alkanes) is 2. The van der Waals surface area contributed by atoms with Crippen LogP contribution in [0, 0.1) is 23.7 Å². The van der Waals surface area contributed by atoms with Crippen LogP contribution in [0.3, 0.4) is 0 Å². The number of hydrogen-bond donors (Lipinski definition) is 1. The fraction of sp³-hybridized carbons (Fsp3) is 0.308. The minimum atomic E-state index is -3.65. The van der Waals surface area contributed by atoms with Gasteiger partial charge in [-0.25, -0.2) is 13.1 Å². The molecule has 100 valence electrons. The molecule has 19 heavy (non-hydrogen) atoms. The van der Waals surface area contributed by atoms with Crippen LogP contribution in [0.4, 0.5) is 0 Å². The van der Waals surface area contributed by atoms with Gasteiger partial charge in [0.05, 0.1) is 16.7 Å². The molecule has 0 radical (unpaired) electrons. The lowest BCUT2D eigenvalue weighted by Gasteiger charge is -2.08. The molecule has 0 atom stereocenters. The van der Waals surface area contributed by atoms with Crippen molar-refractivity contribution in [2.75, 3.05) is 6.54 Å². The molecule has 6 heteroatoms. The van der Waals surface area contributed by atoms with Crippen LogP contribution in [0.15, 0.2) is 23.1 Å². The SMILES string of the molecule is C#CCCCCNS(=O)(=O)c1ccc(C#N)cc1Cl. The van der Waals surface area contributed by atoms with Crippen LogP contribution in [0.25, 0.3) is 0 Å². The zero-order valence-corrected chi connectivity index (χ0v) is 11.8. The highest BCUT2D eigenvalue weighted by molar-refractivity contribution is 7.89. The van der Waals surface area contributed by atoms with E-state index in [1.165, 1.54) is 18.2 Å². The number of terminal acetylenes is 1. The van der Waals surface area contributed by atoms with Crippen LogP contribution < -0.4 is 4.72 Å². The van der Waals surface area contributed by atoms with Gasteiger partial charge in [-0.3, -0.25) is 0 Å². The van der Waals surface area contributed by atoms with Crippen LogP contribution in [-0.4, -0.2) is 15.0 Å². The van der Waals surface area contributed by atoms with Gasteiger partial charge in [-0.15, -0.1) is 12.3 Å². The van der Waals surface area contributed by atoms with Crippen molar-refractivity contribution in [1.29, 1.82) is 5.26 Å². The fourth-order valence-corrected chi connectivity index (χ4v) is 3.04. The van der Waals surface area contributed by atoms with Crippen LogP contribution in [0.5, 0.6) is 0 Å². The minimum absolute atomic E-state index is 0.0230. The second kappa shape index (κ2) is 7.16. The molecule has 0 saturated carbocycles. The summed E-state index contributed by atoms with van der Waals surface area (Å²) in [5.41, 5.74) is 0.318. The highest BCUT2D eigenvalue weighted by Crippen LogP contribution is 2.22. The molecule has 4 nitrogen and oxygen atoms in total. The van der Waals surface area contributed by atoms with Crippen molar-refractivity contribution >= 4 is 21.6 Å². The smallest absolute Gasteiger partial charge is 0.211 e. The Morgan fingerprint density at radius 2 is 2.11 bits per heavy atom. The van der Waals surface area contributed by atoms with E-state index in [1.54, 1.807) is 0 Å². The van der Waals surface area contributed by atoms with Crippen molar-refractivity contribution in [1.82, 2.24) is 4.72 Å².